The summed E-state index contributed by atoms with van der Waals surface area (Å²) in [5.74, 6) is 3.42. The molecule has 144 valence electrons. The lowest BCUT2D eigenvalue weighted by atomic mass is 9.96. The normalized spacial score (nSPS) is 17.4. The summed E-state index contributed by atoms with van der Waals surface area (Å²) in [6.45, 7) is 9.33. The molecule has 2 aromatic rings. The Morgan fingerprint density at radius 3 is 2.70 bits per heavy atom. The van der Waals surface area contributed by atoms with E-state index in [1.54, 1.807) is 13.2 Å². The Hall–Kier alpha value is -2.63. The highest BCUT2D eigenvalue weighted by Gasteiger charge is 2.30. The number of aromatic nitrogens is 3. The second-order valence-electron chi connectivity index (χ2n) is 7.42. The Labute approximate surface area is 160 Å². The third kappa shape index (κ3) is 4.38. The Morgan fingerprint density at radius 1 is 1.33 bits per heavy atom. The monoisotopic (exact) mass is 368 g/mol. The number of hydrogen-bond donors (Lipinski definition) is 0. The molecule has 1 aliphatic rings. The Kier molecular flexibility index (Phi) is 5.94. The summed E-state index contributed by atoms with van der Waals surface area (Å²) in [7, 11) is 1.66. The number of nitrogens with zero attached hydrogens (tertiary/aromatic N) is 4. The van der Waals surface area contributed by atoms with Gasteiger partial charge in [0.2, 0.25) is 5.91 Å². The van der Waals surface area contributed by atoms with Gasteiger partial charge in [-0.2, -0.15) is 5.10 Å². The summed E-state index contributed by atoms with van der Waals surface area (Å²) in [6.07, 6.45) is 3.94. The Morgan fingerprint density at radius 2 is 2.07 bits per heavy atom. The van der Waals surface area contributed by atoms with Crippen molar-refractivity contribution in [2.24, 2.45) is 5.92 Å². The largest absolute Gasteiger partial charge is 0.497 e. The molecule has 2 heterocycles. The lowest BCUT2D eigenvalue weighted by Crippen LogP contribution is -2.39. The van der Waals surface area contributed by atoms with Crippen LogP contribution >= 0.6 is 0 Å². The van der Waals surface area contributed by atoms with Crippen molar-refractivity contribution in [2.45, 2.75) is 39.0 Å². The fourth-order valence-electron chi connectivity index (χ4n) is 3.46. The van der Waals surface area contributed by atoms with Gasteiger partial charge in [-0.3, -0.25) is 4.79 Å². The summed E-state index contributed by atoms with van der Waals surface area (Å²) in [6, 6.07) is 7.84. The smallest absolute Gasteiger partial charge is 0.222 e. The molecule has 0 bridgehead atoms. The van der Waals surface area contributed by atoms with Crippen molar-refractivity contribution in [1.29, 1.82) is 0 Å². The first-order chi connectivity index (χ1) is 13.0. The zero-order valence-corrected chi connectivity index (χ0v) is 16.4. The number of carbonyl (C=O) groups excluding carboxylic acids is 1. The minimum absolute atomic E-state index is 0.165. The van der Waals surface area contributed by atoms with Crippen LogP contribution in [0.2, 0.25) is 0 Å². The van der Waals surface area contributed by atoms with Crippen LogP contribution in [-0.4, -0.2) is 45.8 Å². The van der Waals surface area contributed by atoms with Gasteiger partial charge >= 0.3 is 0 Å². The Balaban J connectivity index is 1.95. The molecule has 1 atom stereocenters. The van der Waals surface area contributed by atoms with E-state index in [1.165, 1.54) is 0 Å². The van der Waals surface area contributed by atoms with Crippen LogP contribution in [0, 0.1) is 5.92 Å². The van der Waals surface area contributed by atoms with Gasteiger partial charge in [0.15, 0.2) is 5.82 Å². The zero-order chi connectivity index (χ0) is 19.4. The lowest BCUT2D eigenvalue weighted by Gasteiger charge is -2.31. The number of hydrogen-bond acceptors (Lipinski definition) is 4. The number of carbonyl (C=O) groups is 1. The molecule has 1 aromatic carbocycles. The first kappa shape index (κ1) is 19.1. The van der Waals surface area contributed by atoms with Crippen LogP contribution in [0.25, 0.3) is 5.69 Å². The standard InChI is InChI=1S/C21H28N4O2/c1-5-12-24-14-16(6-11-20(24)26)21-22-19(13-15(2)3)23-25(21)17-7-9-18(27-4)10-8-17/h5,7-10,15-16H,1,6,11-14H2,2-4H3/t16-/m1/s1. The first-order valence-corrected chi connectivity index (χ1v) is 9.50. The van der Waals surface area contributed by atoms with Gasteiger partial charge < -0.3 is 9.64 Å². The van der Waals surface area contributed by atoms with Gasteiger partial charge in [-0.15, -0.1) is 6.58 Å². The van der Waals surface area contributed by atoms with Crippen molar-refractivity contribution in [3.63, 3.8) is 0 Å². The van der Waals surface area contributed by atoms with Gasteiger partial charge in [0.1, 0.15) is 11.6 Å². The van der Waals surface area contributed by atoms with Gasteiger partial charge in [-0.25, -0.2) is 9.67 Å². The molecule has 6 nitrogen and oxygen atoms in total. The van der Waals surface area contributed by atoms with E-state index in [0.717, 1.165) is 35.9 Å². The second-order valence-corrected chi connectivity index (χ2v) is 7.42. The fraction of sp³-hybridized carbons (Fsp3) is 0.476. The maximum Gasteiger partial charge on any atom is 0.222 e. The summed E-state index contributed by atoms with van der Waals surface area (Å²) in [4.78, 5) is 18.9. The third-order valence-electron chi connectivity index (χ3n) is 4.80. The van der Waals surface area contributed by atoms with Crippen LogP contribution in [0.5, 0.6) is 5.75 Å². The molecule has 1 aromatic heterocycles. The van der Waals surface area contributed by atoms with E-state index in [2.05, 4.69) is 20.4 Å². The van der Waals surface area contributed by atoms with Crippen molar-refractivity contribution >= 4 is 5.91 Å². The van der Waals surface area contributed by atoms with Crippen molar-refractivity contribution in [3.05, 3.63) is 48.6 Å². The van der Waals surface area contributed by atoms with Crippen LogP contribution in [0.4, 0.5) is 0 Å². The average molecular weight is 368 g/mol. The molecule has 1 amide bonds. The molecule has 0 saturated carbocycles. The van der Waals surface area contributed by atoms with Crippen LogP contribution in [0.15, 0.2) is 36.9 Å². The number of amides is 1. The highest BCUT2D eigenvalue weighted by atomic mass is 16.5. The molecule has 1 saturated heterocycles. The summed E-state index contributed by atoms with van der Waals surface area (Å²) in [5.41, 5.74) is 0.959. The van der Waals surface area contributed by atoms with E-state index >= 15 is 0 Å². The number of rotatable bonds is 7. The van der Waals surface area contributed by atoms with Crippen LogP contribution in [-0.2, 0) is 11.2 Å². The zero-order valence-electron chi connectivity index (χ0n) is 16.4. The van der Waals surface area contributed by atoms with E-state index in [1.807, 2.05) is 33.8 Å². The van der Waals surface area contributed by atoms with Crippen molar-refractivity contribution in [2.75, 3.05) is 20.2 Å². The van der Waals surface area contributed by atoms with Crippen LogP contribution < -0.4 is 4.74 Å². The molecular formula is C21H28N4O2. The maximum atomic E-state index is 12.2. The molecule has 0 unspecified atom stereocenters. The summed E-state index contributed by atoms with van der Waals surface area (Å²) >= 11 is 0. The predicted molar refractivity (Wildman–Crippen MR) is 105 cm³/mol. The molecule has 0 radical (unpaired) electrons. The highest BCUT2D eigenvalue weighted by Crippen LogP contribution is 2.29. The molecular weight excluding hydrogens is 340 g/mol. The van der Waals surface area contributed by atoms with E-state index in [4.69, 9.17) is 14.8 Å². The van der Waals surface area contributed by atoms with Crippen LogP contribution in [0.3, 0.4) is 0 Å². The quantitative estimate of drug-likeness (QED) is 0.703. The predicted octanol–water partition coefficient (Wildman–Crippen LogP) is 3.37. The topological polar surface area (TPSA) is 60.3 Å². The molecule has 1 fully saturated rings. The van der Waals surface area contributed by atoms with E-state index in [-0.39, 0.29) is 11.8 Å². The lowest BCUT2D eigenvalue weighted by molar-refractivity contribution is -0.133. The average Bonchev–Trinajstić information content (AvgIpc) is 3.07. The van der Waals surface area contributed by atoms with E-state index in [0.29, 0.717) is 25.4 Å². The highest BCUT2D eigenvalue weighted by molar-refractivity contribution is 5.77. The van der Waals surface area contributed by atoms with Crippen molar-refractivity contribution in [1.82, 2.24) is 19.7 Å². The minimum Gasteiger partial charge on any atom is -0.497 e. The molecule has 6 heteroatoms. The molecule has 0 spiro atoms. The number of likely N-dealkylation sites (tertiary alicyclic amines) is 1. The fourth-order valence-corrected chi connectivity index (χ4v) is 3.46. The van der Waals surface area contributed by atoms with Crippen LogP contribution in [0.1, 0.15) is 44.3 Å². The van der Waals surface area contributed by atoms with E-state index < -0.39 is 0 Å². The molecule has 0 aliphatic carbocycles. The minimum atomic E-state index is 0.165. The van der Waals surface area contributed by atoms with Gasteiger partial charge in [0, 0.05) is 31.8 Å². The number of methoxy groups -OCH3 is 1. The van der Waals surface area contributed by atoms with Gasteiger partial charge in [0.05, 0.1) is 12.8 Å². The molecule has 1 aliphatic heterocycles. The third-order valence-corrected chi connectivity index (χ3v) is 4.80. The number of ether oxygens (including phenoxy) is 1. The van der Waals surface area contributed by atoms with E-state index in [9.17, 15) is 4.79 Å². The maximum absolute atomic E-state index is 12.2. The number of piperidine rings is 1. The summed E-state index contributed by atoms with van der Waals surface area (Å²) in [5, 5.41) is 4.78. The molecule has 3 rings (SSSR count). The number of benzene rings is 1. The molecule has 0 N–H and O–H groups in total. The SMILES string of the molecule is C=CCN1C[C@H](c2nc(CC(C)C)nn2-c2ccc(OC)cc2)CCC1=O. The van der Waals surface area contributed by atoms with Crippen molar-refractivity contribution < 1.29 is 9.53 Å². The Bertz CT molecular complexity index is 795. The van der Waals surface area contributed by atoms with Gasteiger partial charge in [0.25, 0.3) is 0 Å². The van der Waals surface area contributed by atoms with Gasteiger partial charge in [-0.05, 0) is 36.6 Å². The molecule has 27 heavy (non-hydrogen) atoms. The summed E-state index contributed by atoms with van der Waals surface area (Å²) < 4.78 is 7.20. The first-order valence-electron chi connectivity index (χ1n) is 9.50. The van der Waals surface area contributed by atoms with Crippen molar-refractivity contribution in [3.8, 4) is 11.4 Å². The van der Waals surface area contributed by atoms with Gasteiger partial charge in [-0.1, -0.05) is 19.9 Å². The second kappa shape index (κ2) is 8.37.